The third-order valence-corrected chi connectivity index (χ3v) is 12.4. The molecule has 308 valence electrons. The predicted octanol–water partition coefficient (Wildman–Crippen LogP) is 14.6. The molecule has 0 bridgehead atoms. The summed E-state index contributed by atoms with van der Waals surface area (Å²) in [7, 11) is 0. The fourth-order valence-corrected chi connectivity index (χ4v) is 8.65. The van der Waals surface area contributed by atoms with E-state index in [0.717, 1.165) is 74.3 Å². The quantitative estimate of drug-likeness (QED) is 0.0660. The summed E-state index contributed by atoms with van der Waals surface area (Å²) in [6.07, 6.45) is 18.9. The molecule has 0 atom stereocenters. The van der Waals surface area contributed by atoms with Crippen LogP contribution >= 0.6 is 0 Å². The maximum absolute atomic E-state index is 15.2. The molecule has 0 radical (unpaired) electrons. The highest BCUT2D eigenvalue weighted by Crippen LogP contribution is 2.34. The van der Waals surface area contributed by atoms with Crippen molar-refractivity contribution in [3.05, 3.63) is 118 Å². The summed E-state index contributed by atoms with van der Waals surface area (Å²) in [5.41, 5.74) is 3.85. The van der Waals surface area contributed by atoms with E-state index in [2.05, 4.69) is 13.8 Å². The van der Waals surface area contributed by atoms with Gasteiger partial charge in [-0.2, -0.15) is 0 Å². The fourth-order valence-electron chi connectivity index (χ4n) is 8.65. The summed E-state index contributed by atoms with van der Waals surface area (Å²) in [5.74, 6) is -1.90. The smallest absolute Gasteiger partial charge is 0.167 e. The summed E-state index contributed by atoms with van der Waals surface area (Å²) in [6.45, 7) is 5.24. The fraction of sp³-hybridized carbons (Fsp3) is 0.520. The van der Waals surface area contributed by atoms with Crippen molar-refractivity contribution in [3.8, 4) is 22.3 Å². The molecule has 7 heteroatoms. The average Bonchev–Trinajstić information content (AvgIpc) is 3.24. The van der Waals surface area contributed by atoms with Crippen LogP contribution in [0.1, 0.15) is 139 Å². The number of benzene rings is 4. The molecule has 0 aromatic heterocycles. The molecule has 0 heterocycles. The Hall–Kier alpha value is -3.52. The Bertz CT molecular complexity index is 1680. The first-order chi connectivity index (χ1) is 27.8. The van der Waals surface area contributed by atoms with Crippen LogP contribution in [0.5, 0.6) is 0 Å². The highest BCUT2D eigenvalue weighted by molar-refractivity contribution is 5.66. The van der Waals surface area contributed by atoms with Gasteiger partial charge in [-0.25, -0.2) is 17.6 Å². The SMILES string of the molecule is CCCCCC1CCC(OCc2ccc(-c3ccc(COCc4ccc(-c5ccc(COC6CCC(CCCCC)CC6)c(F)c5F)cc4)cc3)c(F)c2F)CC1. The van der Waals surface area contributed by atoms with E-state index in [-0.39, 0.29) is 47.7 Å². The molecule has 57 heavy (non-hydrogen) atoms. The van der Waals surface area contributed by atoms with Crippen molar-refractivity contribution in [2.45, 2.75) is 155 Å². The van der Waals surface area contributed by atoms with Gasteiger partial charge in [0.15, 0.2) is 23.3 Å². The molecular formula is C50H62F4O3. The van der Waals surface area contributed by atoms with Gasteiger partial charge in [0.05, 0.1) is 38.6 Å². The van der Waals surface area contributed by atoms with Crippen molar-refractivity contribution in [2.75, 3.05) is 0 Å². The van der Waals surface area contributed by atoms with E-state index in [1.54, 1.807) is 48.5 Å². The minimum absolute atomic E-state index is 0.0750. The predicted molar refractivity (Wildman–Crippen MR) is 221 cm³/mol. The number of hydrogen-bond donors (Lipinski definition) is 0. The van der Waals surface area contributed by atoms with Gasteiger partial charge in [0.25, 0.3) is 0 Å². The second-order valence-electron chi connectivity index (χ2n) is 16.6. The third kappa shape index (κ3) is 12.3. The zero-order valence-electron chi connectivity index (χ0n) is 34.1. The molecule has 2 aliphatic carbocycles. The average molecular weight is 787 g/mol. The molecule has 4 aromatic carbocycles. The summed E-state index contributed by atoms with van der Waals surface area (Å²) in [5, 5.41) is 0. The number of ether oxygens (including phenoxy) is 3. The zero-order chi connectivity index (χ0) is 40.0. The molecule has 2 aliphatic rings. The minimum atomic E-state index is -0.864. The van der Waals surface area contributed by atoms with Crippen molar-refractivity contribution in [1.82, 2.24) is 0 Å². The summed E-state index contributed by atoms with van der Waals surface area (Å²) in [4.78, 5) is 0. The van der Waals surface area contributed by atoms with Gasteiger partial charge in [-0.1, -0.05) is 138 Å². The molecule has 0 unspecified atom stereocenters. The zero-order valence-corrected chi connectivity index (χ0v) is 34.1. The van der Waals surface area contributed by atoms with E-state index in [1.807, 2.05) is 24.3 Å². The van der Waals surface area contributed by atoms with Crippen molar-refractivity contribution < 1.29 is 31.8 Å². The van der Waals surface area contributed by atoms with Crippen LogP contribution in [0.2, 0.25) is 0 Å². The monoisotopic (exact) mass is 786 g/mol. The van der Waals surface area contributed by atoms with E-state index >= 15 is 17.6 Å². The topological polar surface area (TPSA) is 27.7 Å². The Kier molecular flexibility index (Phi) is 16.6. The Balaban J connectivity index is 0.932. The van der Waals surface area contributed by atoms with Crippen molar-refractivity contribution in [3.63, 3.8) is 0 Å². The van der Waals surface area contributed by atoms with Gasteiger partial charge < -0.3 is 14.2 Å². The number of halogens is 4. The summed E-state index contributed by atoms with van der Waals surface area (Å²) >= 11 is 0. The van der Waals surface area contributed by atoms with Crippen molar-refractivity contribution in [1.29, 1.82) is 0 Å². The molecule has 0 saturated heterocycles. The third-order valence-electron chi connectivity index (χ3n) is 12.4. The Labute approximate surface area is 338 Å². The van der Waals surface area contributed by atoms with Gasteiger partial charge >= 0.3 is 0 Å². The van der Waals surface area contributed by atoms with Crippen LogP contribution in [0.3, 0.4) is 0 Å². The van der Waals surface area contributed by atoms with E-state index in [4.69, 9.17) is 14.2 Å². The van der Waals surface area contributed by atoms with Gasteiger partial charge in [-0.05, 0) is 85.5 Å². The number of unbranched alkanes of at least 4 members (excludes halogenated alkanes) is 4. The molecule has 0 spiro atoms. The van der Waals surface area contributed by atoms with Crippen LogP contribution in [0, 0.1) is 35.1 Å². The number of hydrogen-bond acceptors (Lipinski definition) is 3. The largest absolute Gasteiger partial charge is 0.373 e. The highest BCUT2D eigenvalue weighted by atomic mass is 19.2. The van der Waals surface area contributed by atoms with Gasteiger partial charge in [0.1, 0.15) is 0 Å². The molecule has 4 aromatic rings. The lowest BCUT2D eigenvalue weighted by atomic mass is 9.84. The van der Waals surface area contributed by atoms with Crippen molar-refractivity contribution >= 4 is 0 Å². The first kappa shape index (κ1) is 43.1. The van der Waals surface area contributed by atoms with Crippen LogP contribution < -0.4 is 0 Å². The second-order valence-corrected chi connectivity index (χ2v) is 16.6. The van der Waals surface area contributed by atoms with Gasteiger partial charge in [-0.3, -0.25) is 0 Å². The maximum atomic E-state index is 15.2. The van der Waals surface area contributed by atoms with Crippen molar-refractivity contribution in [2.24, 2.45) is 11.8 Å². The maximum Gasteiger partial charge on any atom is 0.167 e. The lowest BCUT2D eigenvalue weighted by Crippen LogP contribution is -2.22. The molecule has 0 amide bonds. The lowest BCUT2D eigenvalue weighted by Gasteiger charge is -2.28. The van der Waals surface area contributed by atoms with Crippen LogP contribution in [0.25, 0.3) is 22.3 Å². The van der Waals surface area contributed by atoms with E-state index in [9.17, 15) is 0 Å². The van der Waals surface area contributed by atoms with E-state index < -0.39 is 23.3 Å². The molecule has 0 N–H and O–H groups in total. The molecule has 0 aliphatic heterocycles. The van der Waals surface area contributed by atoms with Gasteiger partial charge in [-0.15, -0.1) is 0 Å². The van der Waals surface area contributed by atoms with Crippen LogP contribution in [-0.2, 0) is 40.6 Å². The molecule has 2 fully saturated rings. The van der Waals surface area contributed by atoms with Crippen LogP contribution in [-0.4, -0.2) is 12.2 Å². The first-order valence-electron chi connectivity index (χ1n) is 21.8. The first-order valence-corrected chi connectivity index (χ1v) is 21.8. The summed E-state index contributed by atoms with van der Waals surface area (Å²) in [6, 6.07) is 21.0. The molecule has 2 saturated carbocycles. The lowest BCUT2D eigenvalue weighted by molar-refractivity contribution is 0.00474. The standard InChI is InChI=1S/C50H62F4O3/c1-3-5-7-9-35-15-25-43(26-16-35)56-33-41-23-29-45(49(53)47(41)51)39-19-11-37(12-20-39)31-55-32-38-13-21-40(22-14-38)46-30-24-42(48(52)50(46)54)34-57-44-27-17-36(18-28-44)10-8-6-4-2/h11-14,19-24,29-30,35-36,43-44H,3-10,15-18,25-28,31-34H2,1-2H3. The number of rotatable bonds is 20. The minimum Gasteiger partial charge on any atom is -0.373 e. The normalized spacial score (nSPS) is 19.9. The highest BCUT2D eigenvalue weighted by Gasteiger charge is 2.24. The van der Waals surface area contributed by atoms with Gasteiger partial charge in [0, 0.05) is 22.3 Å². The van der Waals surface area contributed by atoms with Gasteiger partial charge in [0.2, 0.25) is 0 Å². The van der Waals surface area contributed by atoms with E-state index in [0.29, 0.717) is 24.3 Å². The second kappa shape index (κ2) is 22.0. The van der Waals surface area contributed by atoms with Crippen LogP contribution in [0.15, 0.2) is 72.8 Å². The van der Waals surface area contributed by atoms with E-state index in [1.165, 1.54) is 51.4 Å². The van der Waals surface area contributed by atoms with Crippen LogP contribution in [0.4, 0.5) is 17.6 Å². The molecule has 6 rings (SSSR count). The molecule has 3 nitrogen and oxygen atoms in total. The molecular weight excluding hydrogens is 725 g/mol. The Morgan fingerprint density at radius 2 is 0.825 bits per heavy atom. The Morgan fingerprint density at radius 1 is 0.439 bits per heavy atom. The summed E-state index contributed by atoms with van der Waals surface area (Å²) < 4.78 is 78.7. The Morgan fingerprint density at radius 3 is 1.19 bits per heavy atom.